The van der Waals surface area contributed by atoms with Crippen molar-refractivity contribution >= 4 is 22.6 Å². The van der Waals surface area contributed by atoms with E-state index in [4.69, 9.17) is 0 Å². The first-order valence-electron chi connectivity index (χ1n) is 3.36. The summed E-state index contributed by atoms with van der Waals surface area (Å²) in [7, 11) is 0. The predicted molar refractivity (Wildman–Crippen MR) is 49.8 cm³/mol. The van der Waals surface area contributed by atoms with Gasteiger partial charge >= 0.3 is 0 Å². The van der Waals surface area contributed by atoms with E-state index in [0.29, 0.717) is 5.92 Å². The summed E-state index contributed by atoms with van der Waals surface area (Å²) in [5, 5.41) is 4.17. The molecule has 0 N–H and O–H groups in total. The van der Waals surface area contributed by atoms with Crippen LogP contribution in [0.3, 0.4) is 0 Å². The third-order valence-electron chi connectivity index (χ3n) is 1.15. The average molecular weight is 250 g/mol. The second-order valence-corrected chi connectivity index (χ2v) is 4.02. The van der Waals surface area contributed by atoms with Crippen LogP contribution in [0.15, 0.2) is 12.4 Å². The lowest BCUT2D eigenvalue weighted by molar-refractivity contribution is 0.483. The molecule has 3 heteroatoms. The van der Waals surface area contributed by atoms with Crippen molar-refractivity contribution in [1.29, 1.82) is 0 Å². The van der Waals surface area contributed by atoms with E-state index in [1.54, 1.807) is 0 Å². The molecule has 0 saturated heterocycles. The van der Waals surface area contributed by atoms with Crippen LogP contribution in [-0.2, 0) is 6.54 Å². The number of halogens is 1. The Kier molecular flexibility index (Phi) is 2.71. The molecule has 0 aliphatic rings. The normalized spacial score (nSPS) is 10.8. The SMILES string of the molecule is CC(C)Cn1cc(I)cn1. The lowest BCUT2D eigenvalue weighted by Gasteiger charge is -2.02. The van der Waals surface area contributed by atoms with Crippen molar-refractivity contribution in [2.75, 3.05) is 0 Å². The summed E-state index contributed by atoms with van der Waals surface area (Å²) in [5.74, 6) is 0.677. The van der Waals surface area contributed by atoms with Crippen molar-refractivity contribution in [2.45, 2.75) is 20.4 Å². The predicted octanol–water partition coefficient (Wildman–Crippen LogP) is 2.14. The van der Waals surface area contributed by atoms with Crippen LogP contribution in [-0.4, -0.2) is 9.78 Å². The molecule has 0 aliphatic carbocycles. The lowest BCUT2D eigenvalue weighted by Crippen LogP contribution is -2.03. The minimum atomic E-state index is 0.677. The summed E-state index contributed by atoms with van der Waals surface area (Å²) >= 11 is 2.26. The fourth-order valence-corrected chi connectivity index (χ4v) is 1.26. The first-order chi connectivity index (χ1) is 4.68. The van der Waals surface area contributed by atoms with Crippen molar-refractivity contribution in [1.82, 2.24) is 9.78 Å². The van der Waals surface area contributed by atoms with Crippen molar-refractivity contribution in [3.05, 3.63) is 16.0 Å². The van der Waals surface area contributed by atoms with E-state index in [2.05, 4.69) is 47.7 Å². The molecule has 1 rings (SSSR count). The van der Waals surface area contributed by atoms with Crippen LogP contribution in [0.2, 0.25) is 0 Å². The third kappa shape index (κ3) is 2.28. The summed E-state index contributed by atoms with van der Waals surface area (Å²) < 4.78 is 3.19. The van der Waals surface area contributed by atoms with Crippen molar-refractivity contribution in [3.63, 3.8) is 0 Å². The van der Waals surface area contributed by atoms with Gasteiger partial charge in [0, 0.05) is 12.7 Å². The summed E-state index contributed by atoms with van der Waals surface area (Å²) in [6.45, 7) is 5.39. The van der Waals surface area contributed by atoms with Gasteiger partial charge in [0.05, 0.1) is 9.77 Å². The molecule has 0 atom stereocenters. The van der Waals surface area contributed by atoms with E-state index in [1.807, 2.05) is 10.9 Å². The Balaban J connectivity index is 2.58. The zero-order valence-corrected chi connectivity index (χ0v) is 8.37. The molecule has 1 aromatic heterocycles. The molecule has 0 bridgehead atoms. The van der Waals surface area contributed by atoms with Crippen molar-refractivity contribution in [2.24, 2.45) is 5.92 Å². The summed E-state index contributed by atoms with van der Waals surface area (Å²) in [4.78, 5) is 0. The van der Waals surface area contributed by atoms with Crippen molar-refractivity contribution in [3.8, 4) is 0 Å². The smallest absolute Gasteiger partial charge is 0.0623 e. The Morgan fingerprint density at radius 3 is 2.80 bits per heavy atom. The lowest BCUT2D eigenvalue weighted by atomic mass is 10.2. The van der Waals surface area contributed by atoms with E-state index in [9.17, 15) is 0 Å². The van der Waals surface area contributed by atoms with Crippen LogP contribution in [0.1, 0.15) is 13.8 Å². The van der Waals surface area contributed by atoms with Crippen LogP contribution in [0, 0.1) is 9.49 Å². The second-order valence-electron chi connectivity index (χ2n) is 2.77. The van der Waals surface area contributed by atoms with Gasteiger partial charge in [-0.15, -0.1) is 0 Å². The molecule has 1 heterocycles. The maximum absolute atomic E-state index is 4.17. The van der Waals surface area contributed by atoms with Gasteiger partial charge in [0.1, 0.15) is 0 Å². The molecule has 0 spiro atoms. The highest BCUT2D eigenvalue weighted by atomic mass is 127. The molecule has 0 aliphatic heterocycles. The molecule has 0 saturated carbocycles. The molecule has 56 valence electrons. The highest BCUT2D eigenvalue weighted by Gasteiger charge is 1.96. The van der Waals surface area contributed by atoms with E-state index in [1.165, 1.54) is 3.57 Å². The van der Waals surface area contributed by atoms with Gasteiger partial charge in [-0.2, -0.15) is 5.10 Å². The van der Waals surface area contributed by atoms with Gasteiger partial charge in [-0.05, 0) is 28.5 Å². The molecular formula is C7H11IN2. The molecule has 0 amide bonds. The van der Waals surface area contributed by atoms with Crippen LogP contribution in [0.5, 0.6) is 0 Å². The Hall–Kier alpha value is -0.0600. The number of nitrogens with zero attached hydrogens (tertiary/aromatic N) is 2. The quantitative estimate of drug-likeness (QED) is 0.735. The molecular weight excluding hydrogens is 239 g/mol. The monoisotopic (exact) mass is 250 g/mol. The Bertz CT molecular complexity index is 205. The van der Waals surface area contributed by atoms with Gasteiger partial charge in [0.2, 0.25) is 0 Å². The summed E-state index contributed by atoms with van der Waals surface area (Å²) in [6, 6.07) is 0. The minimum Gasteiger partial charge on any atom is -0.271 e. The standard InChI is InChI=1S/C7H11IN2/c1-6(2)4-10-5-7(8)3-9-10/h3,5-6H,4H2,1-2H3. The fraction of sp³-hybridized carbons (Fsp3) is 0.571. The number of hydrogen-bond acceptors (Lipinski definition) is 1. The zero-order valence-electron chi connectivity index (χ0n) is 6.21. The largest absolute Gasteiger partial charge is 0.271 e. The third-order valence-corrected chi connectivity index (χ3v) is 1.71. The van der Waals surface area contributed by atoms with Crippen LogP contribution >= 0.6 is 22.6 Å². The highest BCUT2D eigenvalue weighted by molar-refractivity contribution is 14.1. The second kappa shape index (κ2) is 3.37. The number of hydrogen-bond donors (Lipinski definition) is 0. The van der Waals surface area contributed by atoms with Gasteiger partial charge in [0.15, 0.2) is 0 Å². The topological polar surface area (TPSA) is 17.8 Å². The van der Waals surface area contributed by atoms with Gasteiger partial charge in [-0.1, -0.05) is 13.8 Å². The maximum atomic E-state index is 4.17. The molecule has 0 aromatic carbocycles. The molecule has 0 unspecified atom stereocenters. The fourth-order valence-electron chi connectivity index (χ4n) is 0.812. The first-order valence-corrected chi connectivity index (χ1v) is 4.44. The highest BCUT2D eigenvalue weighted by Crippen LogP contribution is 2.03. The molecule has 1 aromatic rings. The van der Waals surface area contributed by atoms with E-state index in [-0.39, 0.29) is 0 Å². The van der Waals surface area contributed by atoms with Gasteiger partial charge in [0.25, 0.3) is 0 Å². The Labute approximate surface area is 74.8 Å². The minimum absolute atomic E-state index is 0.677. The Morgan fingerprint density at radius 2 is 2.40 bits per heavy atom. The van der Waals surface area contributed by atoms with E-state index >= 15 is 0 Å². The van der Waals surface area contributed by atoms with Gasteiger partial charge < -0.3 is 0 Å². The molecule has 2 nitrogen and oxygen atoms in total. The molecule has 10 heavy (non-hydrogen) atoms. The van der Waals surface area contributed by atoms with Crippen LogP contribution in [0.25, 0.3) is 0 Å². The van der Waals surface area contributed by atoms with Crippen LogP contribution in [0.4, 0.5) is 0 Å². The Morgan fingerprint density at radius 1 is 1.70 bits per heavy atom. The number of rotatable bonds is 2. The van der Waals surface area contributed by atoms with Crippen molar-refractivity contribution < 1.29 is 0 Å². The van der Waals surface area contributed by atoms with Gasteiger partial charge in [-0.3, -0.25) is 4.68 Å². The zero-order chi connectivity index (χ0) is 7.56. The van der Waals surface area contributed by atoms with Gasteiger partial charge in [-0.25, -0.2) is 0 Å². The molecule has 0 radical (unpaired) electrons. The van der Waals surface area contributed by atoms with E-state index < -0.39 is 0 Å². The average Bonchev–Trinajstić information content (AvgIpc) is 2.13. The maximum Gasteiger partial charge on any atom is 0.0623 e. The van der Waals surface area contributed by atoms with E-state index in [0.717, 1.165) is 6.54 Å². The first kappa shape index (κ1) is 8.04. The van der Waals surface area contributed by atoms with Crippen LogP contribution < -0.4 is 0 Å². The summed E-state index contributed by atoms with van der Waals surface area (Å²) in [5.41, 5.74) is 0. The number of aromatic nitrogens is 2. The summed E-state index contributed by atoms with van der Waals surface area (Å²) in [6.07, 6.45) is 3.93. The molecule has 0 fully saturated rings.